The summed E-state index contributed by atoms with van der Waals surface area (Å²) in [6.45, 7) is -4.72. The molecule has 2 heterocycles. The van der Waals surface area contributed by atoms with Crippen LogP contribution in [0.4, 0.5) is 0 Å². The second-order valence-corrected chi connectivity index (χ2v) is 4.72. The summed E-state index contributed by atoms with van der Waals surface area (Å²) in [6, 6.07) is -3.59. The summed E-state index contributed by atoms with van der Waals surface area (Å²) < 4.78 is 121. The van der Waals surface area contributed by atoms with Crippen LogP contribution in [0.2, 0.25) is 0 Å². The van der Waals surface area contributed by atoms with E-state index in [-0.39, 0.29) is 11.1 Å². The Bertz CT molecular complexity index is 1440. The molecule has 2 aromatic heterocycles. The maximum atomic E-state index is 13.4. The van der Waals surface area contributed by atoms with Gasteiger partial charge in [-0.15, -0.1) is 0 Å². The van der Waals surface area contributed by atoms with Crippen molar-refractivity contribution in [2.24, 2.45) is 0 Å². The van der Waals surface area contributed by atoms with Crippen LogP contribution in [-0.4, -0.2) is 34.1 Å². The summed E-state index contributed by atoms with van der Waals surface area (Å²) in [5, 5.41) is 0. The molecule has 4 nitrogen and oxygen atoms in total. The zero-order valence-corrected chi connectivity index (χ0v) is 12.2. The smallest absolute Gasteiger partial charge is 0.228 e. The number of carbonyl (C=O) groups is 1. The minimum absolute atomic E-state index is 0.0595. The van der Waals surface area contributed by atoms with Crippen LogP contribution in [0.5, 0.6) is 0 Å². The van der Waals surface area contributed by atoms with E-state index in [2.05, 4.69) is 4.98 Å². The molecule has 4 heteroatoms. The third-order valence-corrected chi connectivity index (χ3v) is 2.93. The van der Waals surface area contributed by atoms with Crippen molar-refractivity contribution in [1.29, 1.82) is 0 Å². The van der Waals surface area contributed by atoms with Crippen molar-refractivity contribution >= 4 is 11.6 Å². The Kier molecular flexibility index (Phi) is 1.40. The summed E-state index contributed by atoms with van der Waals surface area (Å²) in [5.74, 6) is -2.08. The Labute approximate surface area is 157 Å². The van der Waals surface area contributed by atoms with Crippen LogP contribution >= 0.6 is 0 Å². The number of amides is 1. The number of fused-ring (bicyclic) bond motifs is 1. The minimum Gasteiger partial charge on any atom is -0.348 e. The van der Waals surface area contributed by atoms with E-state index in [9.17, 15) is 4.79 Å². The lowest BCUT2D eigenvalue weighted by Gasteiger charge is -2.11. The van der Waals surface area contributed by atoms with Gasteiger partial charge in [-0.1, -0.05) is 35.8 Å². The van der Waals surface area contributed by atoms with Crippen molar-refractivity contribution in [3.05, 3.63) is 59.2 Å². The van der Waals surface area contributed by atoms with Gasteiger partial charge in [-0.05, 0) is 25.5 Å². The van der Waals surface area contributed by atoms with E-state index >= 15 is 0 Å². The van der Waals surface area contributed by atoms with Gasteiger partial charge in [-0.25, -0.2) is 4.98 Å². The summed E-state index contributed by atoms with van der Waals surface area (Å²) in [5.41, 5.74) is -3.15. The average molecular weight is 322 g/mol. The highest BCUT2D eigenvalue weighted by Gasteiger charge is 2.18. The van der Waals surface area contributed by atoms with E-state index in [0.29, 0.717) is 4.40 Å². The second-order valence-electron chi connectivity index (χ2n) is 4.72. The molecule has 0 saturated heterocycles. The van der Waals surface area contributed by atoms with Gasteiger partial charge in [0.25, 0.3) is 0 Å². The maximum Gasteiger partial charge on any atom is 0.228 e. The van der Waals surface area contributed by atoms with Gasteiger partial charge in [0.05, 0.1) is 27.4 Å². The highest BCUT2D eigenvalue weighted by atomic mass is 16.2. The number of benzene rings is 1. The molecule has 0 fully saturated rings. The lowest BCUT2D eigenvalue weighted by molar-refractivity contribution is -0.128. The third kappa shape index (κ3) is 2.97. The van der Waals surface area contributed by atoms with Gasteiger partial charge in [-0.2, -0.15) is 0 Å². The normalized spacial score (nSPS) is 22.1. The molecule has 0 radical (unpaired) electrons. The summed E-state index contributed by atoms with van der Waals surface area (Å²) in [4.78, 5) is 16.8. The lowest BCUT2D eigenvalue weighted by atomic mass is 10.1. The molecular weight excluding hydrogens is 286 g/mol. The molecule has 3 rings (SSSR count). The maximum absolute atomic E-state index is 13.4. The molecule has 23 heavy (non-hydrogen) atoms. The first-order chi connectivity index (χ1) is 17.1. The molecule has 0 N–H and O–H groups in total. The molecule has 0 atom stereocenters. The Morgan fingerprint density at radius 3 is 2.61 bits per heavy atom. The molecule has 0 unspecified atom stereocenters. The number of carbonyl (C=O) groups excluding carboxylic acids is 1. The Morgan fingerprint density at radius 2 is 1.91 bits per heavy atom. The number of hydrogen-bond acceptors (Lipinski definition) is 2. The van der Waals surface area contributed by atoms with Crippen LogP contribution < -0.4 is 0 Å². The molecular formula is C19H21N3O. The van der Waals surface area contributed by atoms with Gasteiger partial charge < -0.3 is 9.30 Å². The van der Waals surface area contributed by atoms with Crippen LogP contribution in [0.3, 0.4) is 0 Å². The minimum atomic E-state index is -3.64. The lowest BCUT2D eigenvalue weighted by Crippen LogP contribution is -2.24. The fraction of sp³-hybridized carbons (Fsp3) is 0.263. The van der Waals surface area contributed by atoms with Gasteiger partial charge >= 0.3 is 0 Å². The van der Waals surface area contributed by atoms with E-state index in [1.807, 2.05) is 0 Å². The van der Waals surface area contributed by atoms with Crippen molar-refractivity contribution in [1.82, 2.24) is 14.3 Å². The summed E-state index contributed by atoms with van der Waals surface area (Å²) in [7, 11) is 0. The Hall–Kier alpha value is -2.62. The average Bonchev–Trinajstić information content (AvgIpc) is 3.18. The van der Waals surface area contributed by atoms with Crippen molar-refractivity contribution in [3.8, 4) is 11.3 Å². The van der Waals surface area contributed by atoms with Crippen LogP contribution in [0.25, 0.3) is 16.9 Å². The highest BCUT2D eigenvalue weighted by molar-refractivity contribution is 5.81. The fourth-order valence-electron chi connectivity index (χ4n) is 1.90. The SMILES string of the molecule is [2H]c1c([2H])c(-c2nc3c([2H])c([2H])c(C)c([2H])n3c2C([2H])([2H])C(=O)N(C([2H])([2H])[2H])C([2H])([2H])[2H])c([2H])c([2H])c1C. The van der Waals surface area contributed by atoms with Gasteiger partial charge in [0.2, 0.25) is 5.91 Å². The fourth-order valence-corrected chi connectivity index (χ4v) is 1.90. The van der Waals surface area contributed by atoms with E-state index in [4.69, 9.17) is 20.6 Å². The molecule has 0 spiro atoms. The van der Waals surface area contributed by atoms with E-state index in [0.717, 1.165) is 0 Å². The molecule has 3 aromatic rings. The van der Waals surface area contributed by atoms with Crippen molar-refractivity contribution < 1.29 is 25.4 Å². The van der Waals surface area contributed by atoms with E-state index in [1.54, 1.807) is 0 Å². The zero-order valence-electron chi connectivity index (χ0n) is 27.2. The first-order valence-electron chi connectivity index (χ1n) is 14.0. The highest BCUT2D eigenvalue weighted by Crippen LogP contribution is 2.26. The quantitative estimate of drug-likeness (QED) is 0.742. The Morgan fingerprint density at radius 1 is 1.22 bits per heavy atom. The summed E-state index contributed by atoms with van der Waals surface area (Å²) >= 11 is 0. The number of likely N-dealkylation sites (N-methyl/N-ethyl adjacent to an activating group) is 1. The largest absolute Gasteiger partial charge is 0.348 e. The van der Waals surface area contributed by atoms with Crippen molar-refractivity contribution in [2.45, 2.75) is 20.2 Å². The predicted octanol–water partition coefficient (Wildman–Crippen LogP) is 3.25. The second kappa shape index (κ2) is 5.88. The van der Waals surface area contributed by atoms with Crippen LogP contribution in [-0.2, 0) is 11.2 Å². The molecule has 0 bridgehead atoms. The standard InChI is InChI=1S/C19H21N3O/c1-13-5-8-15(9-6-13)19-16(11-18(23)21(3)4)22-12-14(2)7-10-17(22)20-19/h5-10,12H,11H2,1-4H3/i3D3,4D3,5D,6D,7D,8D,9D,10D,11D2,12D. The van der Waals surface area contributed by atoms with Gasteiger partial charge in [-0.3, -0.25) is 4.79 Å². The zero-order chi connectivity index (χ0) is 29.4. The number of nitrogens with zero attached hydrogens (tertiary/aromatic N) is 3. The molecule has 118 valence electrons. The van der Waals surface area contributed by atoms with Crippen molar-refractivity contribution in [3.63, 3.8) is 0 Å². The number of rotatable bonds is 3. The van der Waals surface area contributed by atoms with Crippen LogP contribution in [0, 0.1) is 13.8 Å². The summed E-state index contributed by atoms with van der Waals surface area (Å²) in [6.07, 6.45) is -4.26. The predicted molar refractivity (Wildman–Crippen MR) is 92.5 cm³/mol. The van der Waals surface area contributed by atoms with Crippen molar-refractivity contribution in [2.75, 3.05) is 14.0 Å². The van der Waals surface area contributed by atoms with E-state index in [1.165, 1.54) is 13.8 Å². The van der Waals surface area contributed by atoms with Gasteiger partial charge in [0.1, 0.15) is 5.65 Å². The topological polar surface area (TPSA) is 37.6 Å². The molecule has 0 aliphatic heterocycles. The number of hydrogen-bond donors (Lipinski definition) is 0. The molecule has 0 aliphatic rings. The number of imidazole rings is 1. The number of pyridine rings is 1. The molecule has 0 saturated carbocycles. The van der Waals surface area contributed by atoms with E-state index < -0.39 is 96.2 Å². The third-order valence-electron chi connectivity index (χ3n) is 2.93. The monoisotopic (exact) mass is 322 g/mol. The van der Waals surface area contributed by atoms with Crippen LogP contribution in [0.1, 0.15) is 37.4 Å². The first kappa shape index (κ1) is 5.48. The first-order valence-corrected chi connectivity index (χ1v) is 6.49. The van der Waals surface area contributed by atoms with Gasteiger partial charge in [0, 0.05) is 36.7 Å². The Balaban J connectivity index is 2.61. The van der Waals surface area contributed by atoms with Crippen LogP contribution in [0.15, 0.2) is 42.4 Å². The molecule has 1 aromatic carbocycles. The number of aromatic nitrogens is 2. The molecule has 1 amide bonds. The molecule has 0 aliphatic carbocycles. The van der Waals surface area contributed by atoms with Gasteiger partial charge in [0.15, 0.2) is 0 Å².